The number of hydrogen-bond acceptors (Lipinski definition) is 3. The molecule has 0 N–H and O–H groups in total. The van der Waals surface area contributed by atoms with E-state index < -0.39 is 0 Å². The maximum atomic E-state index is 13.0. The smallest absolute Gasteiger partial charge is 0.149 e. The number of halogens is 1. The SMILES string of the molecule is CCCC1N(F)C=NN1CCC. The van der Waals surface area contributed by atoms with Gasteiger partial charge in [0.05, 0.1) is 0 Å². The molecule has 0 aromatic rings. The molecule has 4 heteroatoms. The average Bonchev–Trinajstić information content (AvgIpc) is 2.37. The Kier molecular flexibility index (Phi) is 3.31. The zero-order chi connectivity index (χ0) is 8.97. The highest BCUT2D eigenvalue weighted by molar-refractivity contribution is 5.55. The Hall–Kier alpha value is -0.800. The molecule has 1 unspecified atom stereocenters. The number of hydrazone groups is 1. The van der Waals surface area contributed by atoms with Crippen molar-refractivity contribution < 1.29 is 4.48 Å². The topological polar surface area (TPSA) is 18.8 Å². The molecule has 0 spiro atoms. The van der Waals surface area contributed by atoms with Gasteiger partial charge in [-0.15, -0.1) is 0 Å². The largest absolute Gasteiger partial charge is 0.270 e. The Labute approximate surface area is 72.8 Å². The molecule has 1 aliphatic rings. The van der Waals surface area contributed by atoms with Gasteiger partial charge in [0.15, 0.2) is 0 Å². The van der Waals surface area contributed by atoms with Crippen molar-refractivity contribution in [3.05, 3.63) is 0 Å². The second-order valence-electron chi connectivity index (χ2n) is 3.01. The first-order chi connectivity index (χ1) is 5.79. The number of hydrogen-bond donors (Lipinski definition) is 0. The lowest BCUT2D eigenvalue weighted by Crippen LogP contribution is -2.35. The molecular formula is C8H16FN3. The third-order valence-electron chi connectivity index (χ3n) is 1.94. The first-order valence-corrected chi connectivity index (χ1v) is 4.54. The van der Waals surface area contributed by atoms with E-state index in [9.17, 15) is 4.48 Å². The van der Waals surface area contributed by atoms with Crippen LogP contribution in [-0.2, 0) is 0 Å². The molecule has 12 heavy (non-hydrogen) atoms. The Morgan fingerprint density at radius 2 is 2.17 bits per heavy atom. The maximum Gasteiger partial charge on any atom is 0.149 e. The van der Waals surface area contributed by atoms with Crippen LogP contribution in [0.25, 0.3) is 0 Å². The molecule has 3 nitrogen and oxygen atoms in total. The lowest BCUT2D eigenvalue weighted by molar-refractivity contribution is -0.000111. The van der Waals surface area contributed by atoms with Crippen LogP contribution in [0.3, 0.4) is 0 Å². The summed E-state index contributed by atoms with van der Waals surface area (Å²) in [4.78, 5) is 0. The van der Waals surface area contributed by atoms with Gasteiger partial charge in [0.2, 0.25) is 0 Å². The summed E-state index contributed by atoms with van der Waals surface area (Å²) in [5, 5.41) is 6.47. The molecule has 0 saturated heterocycles. The summed E-state index contributed by atoms with van der Waals surface area (Å²) < 4.78 is 13.0. The van der Waals surface area contributed by atoms with Crippen LogP contribution >= 0.6 is 0 Å². The van der Waals surface area contributed by atoms with Crippen molar-refractivity contribution in [1.82, 2.24) is 10.1 Å². The molecule has 0 aromatic heterocycles. The second kappa shape index (κ2) is 4.28. The molecule has 0 bridgehead atoms. The predicted molar refractivity (Wildman–Crippen MR) is 47.1 cm³/mol. The highest BCUT2D eigenvalue weighted by Crippen LogP contribution is 2.17. The summed E-state index contributed by atoms with van der Waals surface area (Å²) in [5.74, 6) is 0. The van der Waals surface area contributed by atoms with Crippen molar-refractivity contribution >= 4 is 6.34 Å². The van der Waals surface area contributed by atoms with Gasteiger partial charge in [-0.1, -0.05) is 24.7 Å². The summed E-state index contributed by atoms with van der Waals surface area (Å²) in [6, 6.07) is 0. The molecule has 1 rings (SSSR count). The van der Waals surface area contributed by atoms with Crippen molar-refractivity contribution in [1.29, 1.82) is 0 Å². The second-order valence-corrected chi connectivity index (χ2v) is 3.01. The molecule has 1 atom stereocenters. The van der Waals surface area contributed by atoms with E-state index in [1.165, 1.54) is 6.34 Å². The Balaban J connectivity index is 2.44. The van der Waals surface area contributed by atoms with Gasteiger partial charge in [0, 0.05) is 6.54 Å². The van der Waals surface area contributed by atoms with Gasteiger partial charge >= 0.3 is 0 Å². The Morgan fingerprint density at radius 3 is 2.75 bits per heavy atom. The average molecular weight is 173 g/mol. The zero-order valence-electron chi connectivity index (χ0n) is 7.70. The monoisotopic (exact) mass is 173 g/mol. The van der Waals surface area contributed by atoms with Crippen molar-refractivity contribution in [2.24, 2.45) is 5.10 Å². The van der Waals surface area contributed by atoms with E-state index in [0.29, 0.717) is 5.12 Å². The van der Waals surface area contributed by atoms with Gasteiger partial charge in [0.25, 0.3) is 0 Å². The van der Waals surface area contributed by atoms with Crippen molar-refractivity contribution in [2.45, 2.75) is 39.3 Å². The van der Waals surface area contributed by atoms with E-state index in [4.69, 9.17) is 0 Å². The van der Waals surface area contributed by atoms with Gasteiger partial charge < -0.3 is 0 Å². The van der Waals surface area contributed by atoms with E-state index in [0.717, 1.165) is 25.8 Å². The van der Waals surface area contributed by atoms with Crippen LogP contribution in [0.1, 0.15) is 33.1 Å². The standard InChI is InChI=1S/C8H16FN3/c1-3-5-8-11(9)7-10-12(8)6-4-2/h7-8H,3-6H2,1-2H3. The summed E-state index contributed by atoms with van der Waals surface area (Å²) in [6.07, 6.45) is 3.92. The highest BCUT2D eigenvalue weighted by atomic mass is 19.2. The highest BCUT2D eigenvalue weighted by Gasteiger charge is 2.26. The third-order valence-corrected chi connectivity index (χ3v) is 1.94. The van der Waals surface area contributed by atoms with E-state index >= 15 is 0 Å². The Bertz CT molecular complexity index is 160. The van der Waals surface area contributed by atoms with Crippen LogP contribution < -0.4 is 0 Å². The minimum Gasteiger partial charge on any atom is -0.270 e. The van der Waals surface area contributed by atoms with Gasteiger partial charge in [-0.3, -0.25) is 5.01 Å². The summed E-state index contributed by atoms with van der Waals surface area (Å²) in [7, 11) is 0. The first kappa shape index (κ1) is 9.29. The van der Waals surface area contributed by atoms with E-state index in [2.05, 4.69) is 18.9 Å². The van der Waals surface area contributed by atoms with Gasteiger partial charge in [-0.25, -0.2) is 0 Å². The molecule has 0 aromatic carbocycles. The molecular weight excluding hydrogens is 157 g/mol. The molecule has 1 heterocycles. The fourth-order valence-corrected chi connectivity index (χ4v) is 1.36. The van der Waals surface area contributed by atoms with Crippen LogP contribution in [0.5, 0.6) is 0 Å². The quantitative estimate of drug-likeness (QED) is 0.605. The molecule has 0 fully saturated rings. The van der Waals surface area contributed by atoms with Crippen LogP contribution in [0.15, 0.2) is 5.10 Å². The van der Waals surface area contributed by atoms with Crippen LogP contribution in [0, 0.1) is 0 Å². The predicted octanol–water partition coefficient (Wildman–Crippen LogP) is 1.97. The van der Waals surface area contributed by atoms with Crippen LogP contribution in [-0.4, -0.2) is 29.2 Å². The van der Waals surface area contributed by atoms with Crippen LogP contribution in [0.2, 0.25) is 0 Å². The Morgan fingerprint density at radius 1 is 1.42 bits per heavy atom. The lowest BCUT2D eigenvalue weighted by Gasteiger charge is -2.24. The molecule has 0 amide bonds. The normalized spacial score (nSPS) is 22.4. The number of nitrogens with zero attached hydrogens (tertiary/aromatic N) is 3. The minimum absolute atomic E-state index is 0.157. The van der Waals surface area contributed by atoms with E-state index in [1.807, 2.05) is 5.01 Å². The third kappa shape index (κ3) is 1.87. The van der Waals surface area contributed by atoms with Crippen molar-refractivity contribution in [2.75, 3.05) is 6.54 Å². The fourth-order valence-electron chi connectivity index (χ4n) is 1.36. The minimum atomic E-state index is -0.157. The zero-order valence-corrected chi connectivity index (χ0v) is 7.70. The molecule has 0 aliphatic carbocycles. The fraction of sp³-hybridized carbons (Fsp3) is 0.875. The number of rotatable bonds is 4. The summed E-state index contributed by atoms with van der Waals surface area (Å²) in [6.45, 7) is 4.96. The molecule has 1 aliphatic heterocycles. The van der Waals surface area contributed by atoms with Gasteiger partial charge in [0.1, 0.15) is 12.5 Å². The van der Waals surface area contributed by atoms with Gasteiger partial charge in [-0.2, -0.15) is 10.2 Å². The molecule has 0 radical (unpaired) electrons. The van der Waals surface area contributed by atoms with E-state index in [1.54, 1.807) is 0 Å². The van der Waals surface area contributed by atoms with Crippen LogP contribution in [0.4, 0.5) is 4.48 Å². The maximum absolute atomic E-state index is 13.0. The van der Waals surface area contributed by atoms with Crippen molar-refractivity contribution in [3.63, 3.8) is 0 Å². The molecule has 0 saturated carbocycles. The lowest BCUT2D eigenvalue weighted by atomic mass is 10.2. The van der Waals surface area contributed by atoms with Crippen molar-refractivity contribution in [3.8, 4) is 0 Å². The van der Waals surface area contributed by atoms with Gasteiger partial charge in [-0.05, 0) is 12.8 Å². The summed E-state index contributed by atoms with van der Waals surface area (Å²) >= 11 is 0. The van der Waals surface area contributed by atoms with E-state index in [-0.39, 0.29) is 6.17 Å². The molecule has 70 valence electrons. The first-order valence-electron chi connectivity index (χ1n) is 4.54. The summed E-state index contributed by atoms with van der Waals surface area (Å²) in [5.41, 5.74) is 0.